The molecule has 0 amide bonds. The van der Waals surface area contributed by atoms with E-state index in [0.29, 0.717) is 6.04 Å². The molecule has 0 saturated carbocycles. The Morgan fingerprint density at radius 2 is 2.41 bits per heavy atom. The van der Waals surface area contributed by atoms with Crippen LogP contribution in [-0.2, 0) is 0 Å². The molecular formula is C12H16BrN3S. The van der Waals surface area contributed by atoms with Crippen molar-refractivity contribution in [1.29, 1.82) is 0 Å². The van der Waals surface area contributed by atoms with E-state index < -0.39 is 0 Å². The Labute approximate surface area is 114 Å². The van der Waals surface area contributed by atoms with Gasteiger partial charge in [-0.1, -0.05) is 6.92 Å². The normalized spacial score (nSPS) is 14.8. The molecule has 2 atom stereocenters. The van der Waals surface area contributed by atoms with E-state index in [-0.39, 0.29) is 6.04 Å². The minimum atomic E-state index is 0.272. The Hall–Kier alpha value is -0.650. The van der Waals surface area contributed by atoms with Gasteiger partial charge in [-0.25, -0.2) is 4.98 Å². The number of imidazole rings is 1. The van der Waals surface area contributed by atoms with Gasteiger partial charge in [0.05, 0.1) is 6.04 Å². The summed E-state index contributed by atoms with van der Waals surface area (Å²) in [6.07, 6.45) is 4.68. The van der Waals surface area contributed by atoms with Gasteiger partial charge in [-0.2, -0.15) is 0 Å². The lowest BCUT2D eigenvalue weighted by Crippen LogP contribution is -2.24. The van der Waals surface area contributed by atoms with Gasteiger partial charge in [-0.3, -0.25) is 5.32 Å². The van der Waals surface area contributed by atoms with Crippen LogP contribution in [0.5, 0.6) is 0 Å². The molecule has 2 heterocycles. The van der Waals surface area contributed by atoms with Gasteiger partial charge >= 0.3 is 0 Å². The van der Waals surface area contributed by atoms with Crippen LogP contribution in [0.15, 0.2) is 28.3 Å². The average molecular weight is 314 g/mol. The summed E-state index contributed by atoms with van der Waals surface area (Å²) in [7, 11) is 0. The van der Waals surface area contributed by atoms with Gasteiger partial charge < -0.3 is 4.98 Å². The number of hydrogen-bond acceptors (Lipinski definition) is 3. The highest BCUT2D eigenvalue weighted by atomic mass is 79.9. The summed E-state index contributed by atoms with van der Waals surface area (Å²) < 4.78 is 1.18. The third-order valence-corrected chi connectivity index (χ3v) is 4.80. The molecule has 92 valence electrons. The van der Waals surface area contributed by atoms with Crippen molar-refractivity contribution in [3.05, 3.63) is 39.0 Å². The van der Waals surface area contributed by atoms with Gasteiger partial charge in [0.25, 0.3) is 0 Å². The van der Waals surface area contributed by atoms with Gasteiger partial charge in [0.2, 0.25) is 0 Å². The SMILES string of the molecule is CCC(NC(C)c1sccc1Br)c1ncc[nH]1. The molecule has 2 aromatic rings. The predicted molar refractivity (Wildman–Crippen MR) is 75.2 cm³/mol. The van der Waals surface area contributed by atoms with Gasteiger partial charge in [-0.15, -0.1) is 11.3 Å². The second-order valence-corrected chi connectivity index (χ2v) is 5.76. The number of aromatic amines is 1. The average Bonchev–Trinajstić information content (AvgIpc) is 2.96. The number of H-pyrrole nitrogens is 1. The van der Waals surface area contributed by atoms with Crippen LogP contribution in [0.1, 0.15) is 43.1 Å². The Bertz CT molecular complexity index is 452. The van der Waals surface area contributed by atoms with Crippen LogP contribution in [0.25, 0.3) is 0 Å². The maximum atomic E-state index is 4.32. The number of rotatable bonds is 5. The van der Waals surface area contributed by atoms with Crippen molar-refractivity contribution >= 4 is 27.3 Å². The molecule has 0 fully saturated rings. The number of hydrogen-bond donors (Lipinski definition) is 2. The molecule has 0 aromatic carbocycles. The molecule has 0 bridgehead atoms. The molecule has 0 aliphatic rings. The van der Waals surface area contributed by atoms with E-state index in [2.05, 4.69) is 56.5 Å². The summed E-state index contributed by atoms with van der Waals surface area (Å²) in [6, 6.07) is 2.68. The second kappa shape index (κ2) is 5.80. The Kier molecular flexibility index (Phi) is 4.36. The fraction of sp³-hybridized carbons (Fsp3) is 0.417. The van der Waals surface area contributed by atoms with Crippen molar-refractivity contribution in [1.82, 2.24) is 15.3 Å². The first-order chi connectivity index (χ1) is 8.22. The van der Waals surface area contributed by atoms with Crippen LogP contribution in [0.2, 0.25) is 0 Å². The van der Waals surface area contributed by atoms with Crippen molar-refractivity contribution in [2.75, 3.05) is 0 Å². The third-order valence-electron chi connectivity index (χ3n) is 2.75. The molecule has 2 rings (SSSR count). The van der Waals surface area contributed by atoms with Crippen LogP contribution in [0, 0.1) is 0 Å². The first-order valence-electron chi connectivity index (χ1n) is 5.70. The first-order valence-corrected chi connectivity index (χ1v) is 7.37. The molecule has 0 radical (unpaired) electrons. The van der Waals surface area contributed by atoms with E-state index in [9.17, 15) is 0 Å². The molecule has 17 heavy (non-hydrogen) atoms. The molecule has 2 unspecified atom stereocenters. The number of nitrogens with zero attached hydrogens (tertiary/aromatic N) is 1. The molecule has 0 aliphatic heterocycles. The zero-order valence-corrected chi connectivity index (χ0v) is 12.3. The number of halogens is 1. The quantitative estimate of drug-likeness (QED) is 0.874. The molecule has 2 aromatic heterocycles. The highest BCUT2D eigenvalue weighted by molar-refractivity contribution is 9.10. The van der Waals surface area contributed by atoms with Crippen molar-refractivity contribution in [3.63, 3.8) is 0 Å². The zero-order chi connectivity index (χ0) is 12.3. The third kappa shape index (κ3) is 2.97. The van der Waals surface area contributed by atoms with E-state index in [0.717, 1.165) is 12.2 Å². The first kappa shape index (κ1) is 12.8. The number of nitrogens with one attached hydrogen (secondary N) is 2. The highest BCUT2D eigenvalue weighted by Crippen LogP contribution is 2.30. The Morgan fingerprint density at radius 3 is 2.94 bits per heavy atom. The van der Waals surface area contributed by atoms with E-state index in [1.807, 2.05) is 6.20 Å². The summed E-state index contributed by atoms with van der Waals surface area (Å²) in [5.74, 6) is 1.01. The fourth-order valence-corrected chi connectivity index (χ4v) is 3.58. The van der Waals surface area contributed by atoms with E-state index >= 15 is 0 Å². The summed E-state index contributed by atoms with van der Waals surface area (Å²) >= 11 is 5.34. The Morgan fingerprint density at radius 1 is 1.59 bits per heavy atom. The van der Waals surface area contributed by atoms with Gasteiger partial charge in [0.1, 0.15) is 5.82 Å². The summed E-state index contributed by atoms with van der Waals surface area (Å²) in [6.45, 7) is 4.35. The van der Waals surface area contributed by atoms with Gasteiger partial charge in [-0.05, 0) is 40.7 Å². The zero-order valence-electron chi connectivity index (χ0n) is 9.90. The van der Waals surface area contributed by atoms with E-state index in [1.54, 1.807) is 17.5 Å². The lowest BCUT2D eigenvalue weighted by Gasteiger charge is -2.20. The van der Waals surface area contributed by atoms with Crippen molar-refractivity contribution < 1.29 is 0 Å². The largest absolute Gasteiger partial charge is 0.347 e. The Balaban J connectivity index is 2.07. The summed E-state index contributed by atoms with van der Waals surface area (Å²) in [5.41, 5.74) is 0. The van der Waals surface area contributed by atoms with Gasteiger partial charge in [0.15, 0.2) is 0 Å². The molecule has 3 nitrogen and oxygen atoms in total. The van der Waals surface area contributed by atoms with Crippen LogP contribution in [-0.4, -0.2) is 9.97 Å². The maximum absolute atomic E-state index is 4.32. The second-order valence-electron chi connectivity index (χ2n) is 3.96. The topological polar surface area (TPSA) is 40.7 Å². The van der Waals surface area contributed by atoms with E-state index in [1.165, 1.54) is 9.35 Å². The standard InChI is InChI=1S/C12H16BrN3S/c1-3-10(12-14-5-6-15-12)16-8(2)11-9(13)4-7-17-11/h4-8,10,16H,3H2,1-2H3,(H,14,15). The smallest absolute Gasteiger partial charge is 0.123 e. The maximum Gasteiger partial charge on any atom is 0.123 e. The summed E-state index contributed by atoms with van der Waals surface area (Å²) in [5, 5.41) is 5.70. The van der Waals surface area contributed by atoms with Crippen LogP contribution in [0.3, 0.4) is 0 Å². The predicted octanol–water partition coefficient (Wildman–Crippen LogP) is 4.04. The molecule has 0 saturated heterocycles. The minimum Gasteiger partial charge on any atom is -0.347 e. The van der Waals surface area contributed by atoms with Crippen LogP contribution < -0.4 is 5.32 Å². The van der Waals surface area contributed by atoms with Crippen molar-refractivity contribution in [3.8, 4) is 0 Å². The summed E-state index contributed by atoms with van der Waals surface area (Å²) in [4.78, 5) is 8.82. The molecule has 5 heteroatoms. The van der Waals surface area contributed by atoms with Crippen LogP contribution in [0.4, 0.5) is 0 Å². The van der Waals surface area contributed by atoms with Crippen molar-refractivity contribution in [2.45, 2.75) is 32.4 Å². The van der Waals surface area contributed by atoms with Crippen molar-refractivity contribution in [2.24, 2.45) is 0 Å². The number of aromatic nitrogens is 2. The van der Waals surface area contributed by atoms with Crippen LogP contribution >= 0.6 is 27.3 Å². The lowest BCUT2D eigenvalue weighted by molar-refractivity contribution is 0.444. The highest BCUT2D eigenvalue weighted by Gasteiger charge is 2.17. The monoisotopic (exact) mass is 313 g/mol. The number of thiophene rings is 1. The molecule has 0 aliphatic carbocycles. The van der Waals surface area contributed by atoms with E-state index in [4.69, 9.17) is 0 Å². The lowest BCUT2D eigenvalue weighted by atomic mass is 10.1. The van der Waals surface area contributed by atoms with Gasteiger partial charge in [0, 0.05) is 27.8 Å². The molecule has 2 N–H and O–H groups in total. The molecule has 0 spiro atoms. The molecular weight excluding hydrogens is 298 g/mol. The fourth-order valence-electron chi connectivity index (χ4n) is 1.85. The minimum absolute atomic E-state index is 0.272.